The second-order valence-corrected chi connectivity index (χ2v) is 6.26. The van der Waals surface area contributed by atoms with E-state index >= 15 is 0 Å². The third-order valence-electron chi connectivity index (χ3n) is 2.73. The number of ether oxygens (including phenoxy) is 1. The second kappa shape index (κ2) is 8.50. The molecule has 1 amide bonds. The zero-order valence-corrected chi connectivity index (χ0v) is 13.3. The Morgan fingerprint density at radius 1 is 1.23 bits per heavy atom. The summed E-state index contributed by atoms with van der Waals surface area (Å²) in [6.45, 7) is -0.218. The first-order valence-corrected chi connectivity index (χ1v) is 8.39. The fraction of sp³-hybridized carbons (Fsp3) is 0.429. The van der Waals surface area contributed by atoms with Crippen molar-refractivity contribution in [2.75, 3.05) is 20.0 Å². The van der Waals surface area contributed by atoms with Crippen LogP contribution in [0.5, 0.6) is 0 Å². The number of benzene rings is 1. The lowest BCUT2D eigenvalue weighted by Crippen LogP contribution is -2.43. The minimum atomic E-state index is -3.59. The molecule has 1 N–H and O–H groups in total. The topological polar surface area (TPSA) is 98.8 Å². The molecular formula is C14H19NO6S. The summed E-state index contributed by atoms with van der Waals surface area (Å²) >= 11 is 0. The smallest absolute Gasteiger partial charge is 0.328 e. The van der Waals surface area contributed by atoms with Crippen LogP contribution in [-0.4, -0.2) is 46.3 Å². The molecule has 0 spiro atoms. The molecule has 0 aliphatic rings. The number of nitrogens with one attached hydrogen (secondary N) is 1. The Kier molecular flexibility index (Phi) is 7.00. The first kappa shape index (κ1) is 18.1. The highest BCUT2D eigenvalue weighted by Crippen LogP contribution is 2.02. The molecule has 0 aromatic heterocycles. The van der Waals surface area contributed by atoms with Crippen molar-refractivity contribution >= 4 is 22.0 Å². The largest absolute Gasteiger partial charge is 0.467 e. The molecule has 1 aromatic carbocycles. The van der Waals surface area contributed by atoms with E-state index in [1.54, 1.807) is 24.3 Å². The molecule has 7 nitrogen and oxygen atoms in total. The molecule has 0 saturated heterocycles. The number of hydrogen-bond donors (Lipinski definition) is 1. The van der Waals surface area contributed by atoms with Gasteiger partial charge in [0.1, 0.15) is 6.04 Å². The molecule has 0 heterocycles. The second-order valence-electron chi connectivity index (χ2n) is 4.62. The Morgan fingerprint density at radius 2 is 1.86 bits per heavy atom. The van der Waals surface area contributed by atoms with Gasteiger partial charge in [-0.05, 0) is 5.56 Å². The molecule has 22 heavy (non-hydrogen) atoms. The number of hydrogen-bond acceptors (Lipinski definition) is 6. The van der Waals surface area contributed by atoms with Gasteiger partial charge in [0.25, 0.3) is 10.1 Å². The summed E-state index contributed by atoms with van der Waals surface area (Å²) in [7, 11) is -2.40. The summed E-state index contributed by atoms with van der Waals surface area (Å²) in [5, 5.41) is 2.51. The maximum absolute atomic E-state index is 11.9. The average molecular weight is 329 g/mol. The fourth-order valence-electron chi connectivity index (χ4n) is 1.74. The van der Waals surface area contributed by atoms with E-state index in [1.165, 1.54) is 7.11 Å². The van der Waals surface area contributed by atoms with Crippen LogP contribution in [0.2, 0.25) is 0 Å². The van der Waals surface area contributed by atoms with Gasteiger partial charge in [-0.2, -0.15) is 8.42 Å². The van der Waals surface area contributed by atoms with Gasteiger partial charge < -0.3 is 10.1 Å². The monoisotopic (exact) mass is 329 g/mol. The van der Waals surface area contributed by atoms with Crippen LogP contribution in [0, 0.1) is 0 Å². The van der Waals surface area contributed by atoms with Crippen LogP contribution in [0.25, 0.3) is 0 Å². The summed E-state index contributed by atoms with van der Waals surface area (Å²) in [6, 6.07) is 8.07. The van der Waals surface area contributed by atoms with E-state index in [1.807, 2.05) is 6.07 Å². The number of carbonyl (C=O) groups excluding carboxylic acids is 2. The highest BCUT2D eigenvalue weighted by Gasteiger charge is 2.22. The highest BCUT2D eigenvalue weighted by atomic mass is 32.2. The zero-order chi connectivity index (χ0) is 16.6. The van der Waals surface area contributed by atoms with Gasteiger partial charge in [-0.1, -0.05) is 30.3 Å². The van der Waals surface area contributed by atoms with Crippen LogP contribution in [-0.2, 0) is 35.0 Å². The molecule has 0 fully saturated rings. The van der Waals surface area contributed by atoms with Crippen molar-refractivity contribution in [3.63, 3.8) is 0 Å². The Bertz CT molecular complexity index is 599. The van der Waals surface area contributed by atoms with E-state index in [0.717, 1.165) is 11.8 Å². The molecule has 0 radical (unpaired) electrons. The molecule has 0 saturated carbocycles. The number of amides is 1. The molecule has 0 bridgehead atoms. The first-order chi connectivity index (χ1) is 10.3. The van der Waals surface area contributed by atoms with E-state index in [9.17, 15) is 18.0 Å². The van der Waals surface area contributed by atoms with Crippen LogP contribution in [0.3, 0.4) is 0 Å². The number of rotatable bonds is 8. The van der Waals surface area contributed by atoms with Crippen molar-refractivity contribution in [1.82, 2.24) is 5.32 Å². The van der Waals surface area contributed by atoms with Crippen molar-refractivity contribution in [3.8, 4) is 0 Å². The standard InChI is InChI=1S/C14H19NO6S/c1-20-14(17)12(8-9-21-22(2,18)19)15-13(16)10-11-6-4-3-5-7-11/h3-7,12H,8-10H2,1-2H3,(H,15,16)/t12-/m0/s1. The molecule has 0 aliphatic heterocycles. The molecule has 8 heteroatoms. The molecular weight excluding hydrogens is 310 g/mol. The molecule has 1 atom stereocenters. The fourth-order valence-corrected chi connectivity index (χ4v) is 2.13. The minimum absolute atomic E-state index is 0.000271. The van der Waals surface area contributed by atoms with Crippen molar-refractivity contribution in [2.45, 2.75) is 18.9 Å². The van der Waals surface area contributed by atoms with Gasteiger partial charge in [-0.3, -0.25) is 8.98 Å². The Balaban J connectivity index is 2.57. The van der Waals surface area contributed by atoms with Gasteiger partial charge in [0.2, 0.25) is 5.91 Å². The summed E-state index contributed by atoms with van der Waals surface area (Å²) in [4.78, 5) is 23.5. The summed E-state index contributed by atoms with van der Waals surface area (Å²) in [5.74, 6) is -1.01. The van der Waals surface area contributed by atoms with Gasteiger partial charge in [0.15, 0.2) is 0 Å². The van der Waals surface area contributed by atoms with Crippen LogP contribution in [0.4, 0.5) is 0 Å². The predicted molar refractivity (Wildman–Crippen MR) is 79.5 cm³/mol. The molecule has 1 rings (SSSR count). The van der Waals surface area contributed by atoms with Crippen molar-refractivity contribution in [3.05, 3.63) is 35.9 Å². The summed E-state index contributed by atoms with van der Waals surface area (Å²) in [5.41, 5.74) is 0.802. The number of carbonyl (C=O) groups is 2. The van der Waals surface area contributed by atoms with Crippen LogP contribution < -0.4 is 5.32 Å². The molecule has 0 unspecified atom stereocenters. The van der Waals surface area contributed by atoms with E-state index < -0.39 is 22.1 Å². The van der Waals surface area contributed by atoms with Crippen molar-refractivity contribution < 1.29 is 26.9 Å². The lowest BCUT2D eigenvalue weighted by molar-refractivity contribution is -0.145. The molecule has 1 aromatic rings. The quantitative estimate of drug-likeness (QED) is 0.542. The van der Waals surface area contributed by atoms with E-state index in [-0.39, 0.29) is 25.4 Å². The summed E-state index contributed by atoms with van der Waals surface area (Å²) in [6.07, 6.45) is 1.02. The van der Waals surface area contributed by atoms with Crippen LogP contribution in [0.15, 0.2) is 30.3 Å². The third kappa shape index (κ3) is 7.19. The highest BCUT2D eigenvalue weighted by molar-refractivity contribution is 7.85. The van der Waals surface area contributed by atoms with E-state index in [2.05, 4.69) is 14.2 Å². The van der Waals surface area contributed by atoms with Gasteiger partial charge in [-0.25, -0.2) is 4.79 Å². The summed E-state index contributed by atoms with van der Waals surface area (Å²) < 4.78 is 30.9. The van der Waals surface area contributed by atoms with Crippen molar-refractivity contribution in [2.24, 2.45) is 0 Å². The number of methoxy groups -OCH3 is 1. The maximum Gasteiger partial charge on any atom is 0.328 e. The SMILES string of the molecule is COC(=O)[C@H](CCOS(C)(=O)=O)NC(=O)Cc1ccccc1. The van der Waals surface area contributed by atoms with Crippen LogP contribution >= 0.6 is 0 Å². The lowest BCUT2D eigenvalue weighted by atomic mass is 10.1. The minimum Gasteiger partial charge on any atom is -0.467 e. The van der Waals surface area contributed by atoms with Gasteiger partial charge in [0.05, 0.1) is 26.4 Å². The Labute approximate surface area is 129 Å². The van der Waals surface area contributed by atoms with E-state index in [0.29, 0.717) is 0 Å². The van der Waals surface area contributed by atoms with Crippen molar-refractivity contribution in [1.29, 1.82) is 0 Å². The number of esters is 1. The molecule has 122 valence electrons. The lowest BCUT2D eigenvalue weighted by Gasteiger charge is -2.16. The Hall–Kier alpha value is -1.93. The van der Waals surface area contributed by atoms with Crippen LogP contribution in [0.1, 0.15) is 12.0 Å². The normalized spacial score (nSPS) is 12.5. The third-order valence-corrected chi connectivity index (χ3v) is 3.33. The average Bonchev–Trinajstić information content (AvgIpc) is 2.45. The molecule has 0 aliphatic carbocycles. The first-order valence-electron chi connectivity index (χ1n) is 6.57. The Morgan fingerprint density at radius 3 is 2.41 bits per heavy atom. The van der Waals surface area contributed by atoms with Gasteiger partial charge in [0, 0.05) is 6.42 Å². The van der Waals surface area contributed by atoms with E-state index in [4.69, 9.17) is 0 Å². The van der Waals surface area contributed by atoms with Gasteiger partial charge in [-0.15, -0.1) is 0 Å². The predicted octanol–water partition coefficient (Wildman–Crippen LogP) is 0.253. The maximum atomic E-state index is 11.9. The zero-order valence-electron chi connectivity index (χ0n) is 12.4. The van der Waals surface area contributed by atoms with Gasteiger partial charge >= 0.3 is 5.97 Å².